The Morgan fingerprint density at radius 3 is 2.64 bits per heavy atom. The van der Waals surface area contributed by atoms with Crippen LogP contribution in [0.2, 0.25) is 5.21 Å². The molecule has 1 unspecified atom stereocenters. The van der Waals surface area contributed by atoms with Gasteiger partial charge in [0.05, 0.1) is 0 Å². The molecule has 14 heavy (non-hydrogen) atoms. The Bertz CT molecular complexity index is 287. The molecule has 0 bridgehead atoms. The summed E-state index contributed by atoms with van der Waals surface area (Å²) in [5.41, 5.74) is 1.32. The van der Waals surface area contributed by atoms with Crippen molar-refractivity contribution in [3.63, 3.8) is 0 Å². The molecule has 2 nitrogen and oxygen atoms in total. The molecule has 0 fully saturated rings. The van der Waals surface area contributed by atoms with Crippen molar-refractivity contribution in [1.29, 1.82) is 0 Å². The molecule has 0 aliphatic carbocycles. The van der Waals surface area contributed by atoms with E-state index in [2.05, 4.69) is 12.1 Å². The number of methoxy groups -OCH3 is 1. The van der Waals surface area contributed by atoms with Crippen LogP contribution >= 0.6 is 0 Å². The van der Waals surface area contributed by atoms with Crippen LogP contribution in [-0.4, -0.2) is 30.6 Å². The fourth-order valence-electron chi connectivity index (χ4n) is 1.31. The van der Waals surface area contributed by atoms with Gasteiger partial charge in [-0.25, -0.2) is 0 Å². The molecule has 0 N–H and O–H groups in total. The predicted octanol–water partition coefficient (Wildman–Crippen LogP) is 1.69. The fraction of sp³-hybridized carbons (Fsp3) is 0.455. The van der Waals surface area contributed by atoms with Crippen LogP contribution in [0.5, 0.6) is 11.5 Å². The quantitative estimate of drug-likeness (QED) is 0.746. The molecule has 0 saturated carbocycles. The third-order valence-electron chi connectivity index (χ3n) is 1.96. The Morgan fingerprint density at radius 1 is 1.29 bits per heavy atom. The predicted molar refractivity (Wildman–Crippen MR) is 61.2 cm³/mol. The number of hydrogen-bond acceptors (Lipinski definition) is 2. The first-order valence-electron chi connectivity index (χ1n) is 4.81. The van der Waals surface area contributed by atoms with Gasteiger partial charge in [0.25, 0.3) is 0 Å². The minimum absolute atomic E-state index is 0.676. The summed E-state index contributed by atoms with van der Waals surface area (Å²) < 4.78 is 10.7. The van der Waals surface area contributed by atoms with E-state index in [1.165, 1.54) is 10.8 Å². The summed E-state index contributed by atoms with van der Waals surface area (Å²) in [6.07, 6.45) is 1.12. The van der Waals surface area contributed by atoms with Crippen molar-refractivity contribution in [2.45, 2.75) is 18.6 Å². The van der Waals surface area contributed by atoms with Gasteiger partial charge in [-0.15, -0.1) is 0 Å². The first-order chi connectivity index (χ1) is 6.81. The minimum atomic E-state index is 0.676. The molecule has 1 rings (SSSR count). The van der Waals surface area contributed by atoms with Crippen LogP contribution in [0.15, 0.2) is 18.2 Å². The topological polar surface area (TPSA) is 18.5 Å². The molecule has 0 amide bonds. The van der Waals surface area contributed by atoms with E-state index < -0.39 is 0 Å². The molecule has 0 radical (unpaired) electrons. The van der Waals surface area contributed by atoms with Gasteiger partial charge in [0, 0.05) is 0 Å². The number of aryl methyl sites for hydroxylation is 1. The number of benzene rings is 1. The van der Waals surface area contributed by atoms with Crippen LogP contribution in [0.4, 0.5) is 0 Å². The second-order valence-corrected chi connectivity index (χ2v) is 4.17. The van der Waals surface area contributed by atoms with Gasteiger partial charge in [-0.05, 0) is 0 Å². The van der Waals surface area contributed by atoms with Gasteiger partial charge in [0.2, 0.25) is 0 Å². The first-order valence-corrected chi connectivity index (χ1v) is 6.53. The molecule has 0 aliphatic heterocycles. The molecule has 3 heteroatoms. The van der Waals surface area contributed by atoms with E-state index in [-0.39, 0.29) is 0 Å². The molecule has 78 valence electrons. The number of ether oxygens (including phenoxy) is 2. The zero-order chi connectivity index (χ0) is 10.4. The molecular formula is C11H17AsO2. The summed E-state index contributed by atoms with van der Waals surface area (Å²) in [5, 5.41) is 1.21. The van der Waals surface area contributed by atoms with Gasteiger partial charge in [-0.1, -0.05) is 0 Å². The van der Waals surface area contributed by atoms with Crippen molar-refractivity contribution < 1.29 is 9.47 Å². The van der Waals surface area contributed by atoms with E-state index in [4.69, 9.17) is 9.47 Å². The maximum absolute atomic E-state index is 5.49. The van der Waals surface area contributed by atoms with Crippen molar-refractivity contribution >= 4 is 16.9 Å². The summed E-state index contributed by atoms with van der Waals surface area (Å²) in [6.45, 7) is 2.66. The number of hydrogen-bond donors (Lipinski definition) is 0. The van der Waals surface area contributed by atoms with Crippen molar-refractivity contribution in [2.75, 3.05) is 13.7 Å². The molecule has 0 saturated heterocycles. The Balaban J connectivity index is 2.88. The van der Waals surface area contributed by atoms with E-state index in [0.29, 0.717) is 6.61 Å². The van der Waals surface area contributed by atoms with Crippen LogP contribution in [0, 0.1) is 0 Å². The molecule has 1 aromatic carbocycles. The van der Waals surface area contributed by atoms with Crippen LogP contribution in [0.25, 0.3) is 0 Å². The third kappa shape index (κ3) is 2.95. The van der Waals surface area contributed by atoms with Gasteiger partial charge >= 0.3 is 93.9 Å². The molecule has 0 aromatic heterocycles. The normalized spacial score (nSPS) is 9.93. The zero-order valence-electron chi connectivity index (χ0n) is 8.75. The molecule has 0 aliphatic rings. The maximum atomic E-state index is 5.49. The van der Waals surface area contributed by atoms with Gasteiger partial charge in [0.1, 0.15) is 0 Å². The molecule has 0 heterocycles. The van der Waals surface area contributed by atoms with E-state index in [1.54, 1.807) is 24.0 Å². The second-order valence-electron chi connectivity index (χ2n) is 2.96. The van der Waals surface area contributed by atoms with E-state index >= 15 is 0 Å². The second kappa shape index (κ2) is 5.97. The Hall–Kier alpha value is -0.622. The fourth-order valence-corrected chi connectivity index (χ4v) is 2.01. The summed E-state index contributed by atoms with van der Waals surface area (Å²) in [4.78, 5) is 0. The Labute approximate surface area is 94.1 Å². The molecule has 1 aromatic rings. The average molecular weight is 256 g/mol. The summed E-state index contributed by atoms with van der Waals surface area (Å²) in [7, 11) is 1.67. The van der Waals surface area contributed by atoms with E-state index in [1.807, 2.05) is 13.0 Å². The Morgan fingerprint density at radius 2 is 2.07 bits per heavy atom. The monoisotopic (exact) mass is 256 g/mol. The third-order valence-corrected chi connectivity index (χ3v) is 2.57. The summed E-state index contributed by atoms with van der Waals surface area (Å²) in [6, 6.07) is 6.14. The molecular weight excluding hydrogens is 239 g/mol. The van der Waals surface area contributed by atoms with Crippen molar-refractivity contribution in [3.05, 3.63) is 23.8 Å². The van der Waals surface area contributed by atoms with Crippen LogP contribution in [0.3, 0.4) is 0 Å². The van der Waals surface area contributed by atoms with Gasteiger partial charge < -0.3 is 0 Å². The standard InChI is InChI=1S/C11H17AsO2/c1-3-14-11-8-9(6-7-12)4-5-10(11)13-2/h4-5,8H,3,6-7,12H2,1-2H3. The SMILES string of the molecule is CCOc1cc(CC[AsH2])ccc1OC. The van der Waals surface area contributed by atoms with E-state index in [9.17, 15) is 0 Å². The summed E-state index contributed by atoms with van der Waals surface area (Å²) >= 11 is 1.76. The van der Waals surface area contributed by atoms with Gasteiger partial charge in [-0.2, -0.15) is 0 Å². The molecule has 1 atom stereocenters. The summed E-state index contributed by atoms with van der Waals surface area (Å²) in [5.74, 6) is 1.67. The molecule has 0 spiro atoms. The van der Waals surface area contributed by atoms with Gasteiger partial charge in [0.15, 0.2) is 0 Å². The average Bonchev–Trinajstić information content (AvgIpc) is 2.19. The van der Waals surface area contributed by atoms with Crippen LogP contribution < -0.4 is 9.47 Å². The zero-order valence-corrected chi connectivity index (χ0v) is 11.2. The van der Waals surface area contributed by atoms with Crippen molar-refractivity contribution in [1.82, 2.24) is 0 Å². The van der Waals surface area contributed by atoms with Crippen molar-refractivity contribution in [3.8, 4) is 11.5 Å². The number of rotatable bonds is 5. The van der Waals surface area contributed by atoms with Crippen LogP contribution in [-0.2, 0) is 6.42 Å². The Kier molecular flexibility index (Phi) is 4.89. The van der Waals surface area contributed by atoms with Crippen molar-refractivity contribution in [2.24, 2.45) is 0 Å². The van der Waals surface area contributed by atoms with Crippen LogP contribution in [0.1, 0.15) is 12.5 Å². The van der Waals surface area contributed by atoms with E-state index in [0.717, 1.165) is 17.9 Å². The van der Waals surface area contributed by atoms with Gasteiger partial charge in [-0.3, -0.25) is 0 Å². The first kappa shape index (κ1) is 11.5.